The Morgan fingerprint density at radius 1 is 1.35 bits per heavy atom. The molecule has 2 aliphatic heterocycles. The highest BCUT2D eigenvalue weighted by molar-refractivity contribution is 5.31. The Morgan fingerprint density at radius 2 is 2.25 bits per heavy atom. The number of likely N-dealkylation sites (N-methyl/N-ethyl adjacent to an activating group) is 1. The van der Waals surface area contributed by atoms with Crippen LogP contribution >= 0.6 is 0 Å². The van der Waals surface area contributed by atoms with E-state index in [0.717, 1.165) is 25.7 Å². The van der Waals surface area contributed by atoms with Crippen molar-refractivity contribution < 1.29 is 4.74 Å². The summed E-state index contributed by atoms with van der Waals surface area (Å²) in [6.45, 7) is 8.53. The maximum atomic E-state index is 5.82. The van der Waals surface area contributed by atoms with E-state index in [2.05, 4.69) is 41.4 Å². The summed E-state index contributed by atoms with van der Waals surface area (Å²) in [7, 11) is 0. The molecular formula is C17H26N2O. The van der Waals surface area contributed by atoms with Gasteiger partial charge in [-0.25, -0.2) is 0 Å². The van der Waals surface area contributed by atoms with E-state index in [4.69, 9.17) is 4.74 Å². The zero-order valence-corrected chi connectivity index (χ0v) is 12.5. The molecule has 0 bridgehead atoms. The fraction of sp³-hybridized carbons (Fsp3) is 0.647. The largest absolute Gasteiger partial charge is 0.375 e. The first-order valence-corrected chi connectivity index (χ1v) is 7.98. The molecule has 0 saturated carbocycles. The highest BCUT2D eigenvalue weighted by Crippen LogP contribution is 2.30. The number of rotatable bonds is 4. The fourth-order valence-corrected chi connectivity index (χ4v) is 3.55. The predicted molar refractivity (Wildman–Crippen MR) is 81.7 cm³/mol. The van der Waals surface area contributed by atoms with Gasteiger partial charge in [-0.05, 0) is 49.5 Å². The monoisotopic (exact) mass is 274 g/mol. The zero-order chi connectivity index (χ0) is 13.8. The van der Waals surface area contributed by atoms with Gasteiger partial charge in [-0.3, -0.25) is 4.90 Å². The molecule has 2 aliphatic rings. The van der Waals surface area contributed by atoms with E-state index in [-0.39, 0.29) is 0 Å². The van der Waals surface area contributed by atoms with Crippen molar-refractivity contribution in [2.75, 3.05) is 32.8 Å². The molecule has 0 aliphatic carbocycles. The Bertz CT molecular complexity index is 429. The van der Waals surface area contributed by atoms with Crippen LogP contribution in [0.25, 0.3) is 0 Å². The van der Waals surface area contributed by atoms with Crippen molar-refractivity contribution in [3.05, 3.63) is 35.4 Å². The van der Waals surface area contributed by atoms with Crippen LogP contribution in [-0.4, -0.2) is 37.7 Å². The van der Waals surface area contributed by atoms with Gasteiger partial charge in [0.15, 0.2) is 0 Å². The van der Waals surface area contributed by atoms with Crippen molar-refractivity contribution in [2.45, 2.75) is 32.4 Å². The molecule has 1 aromatic rings. The number of benzene rings is 1. The minimum absolute atomic E-state index is 0.437. The first-order chi connectivity index (χ1) is 9.88. The lowest BCUT2D eigenvalue weighted by atomic mass is 9.94. The van der Waals surface area contributed by atoms with E-state index in [0.29, 0.717) is 6.04 Å². The number of fused-ring (bicyclic) bond motifs is 1. The topological polar surface area (TPSA) is 24.5 Å². The molecule has 1 aromatic carbocycles. The van der Waals surface area contributed by atoms with E-state index in [9.17, 15) is 0 Å². The van der Waals surface area contributed by atoms with Crippen LogP contribution in [0.15, 0.2) is 24.3 Å². The first kappa shape index (κ1) is 14.1. The van der Waals surface area contributed by atoms with Gasteiger partial charge >= 0.3 is 0 Å². The van der Waals surface area contributed by atoms with E-state index in [1.807, 2.05) is 0 Å². The van der Waals surface area contributed by atoms with Crippen molar-refractivity contribution in [2.24, 2.45) is 5.92 Å². The Labute approximate surface area is 122 Å². The second-order valence-electron chi connectivity index (χ2n) is 6.03. The van der Waals surface area contributed by atoms with Crippen LogP contribution in [0.5, 0.6) is 0 Å². The lowest BCUT2D eigenvalue weighted by molar-refractivity contribution is 0.0265. The maximum Gasteiger partial charge on any atom is 0.0721 e. The molecular weight excluding hydrogens is 248 g/mol. The van der Waals surface area contributed by atoms with Crippen LogP contribution in [-0.2, 0) is 11.3 Å². The summed E-state index contributed by atoms with van der Waals surface area (Å²) in [6.07, 6.45) is 2.68. The Kier molecular flexibility index (Phi) is 4.71. The lowest BCUT2D eigenvalue weighted by Gasteiger charge is -2.38. The summed E-state index contributed by atoms with van der Waals surface area (Å²) >= 11 is 0. The molecule has 3 rings (SSSR count). The van der Waals surface area contributed by atoms with Crippen molar-refractivity contribution in [3.8, 4) is 0 Å². The standard InChI is InChI=1S/C17H26N2O/c1-2-19(11-14-6-5-9-18-10-14)17-13-20-12-15-7-3-4-8-16(15)17/h3-4,7-8,14,17-18H,2,5-6,9-13H2,1H3. The molecule has 0 spiro atoms. The van der Waals surface area contributed by atoms with Crippen molar-refractivity contribution >= 4 is 0 Å². The van der Waals surface area contributed by atoms with Gasteiger partial charge in [0, 0.05) is 6.54 Å². The summed E-state index contributed by atoms with van der Waals surface area (Å²) in [5.74, 6) is 0.790. The van der Waals surface area contributed by atoms with Gasteiger partial charge in [-0.1, -0.05) is 31.2 Å². The third-order valence-electron chi connectivity index (χ3n) is 4.69. The molecule has 3 heteroatoms. The smallest absolute Gasteiger partial charge is 0.0721 e. The van der Waals surface area contributed by atoms with Crippen LogP contribution < -0.4 is 5.32 Å². The third kappa shape index (κ3) is 3.05. The third-order valence-corrected chi connectivity index (χ3v) is 4.69. The summed E-state index contributed by atoms with van der Waals surface area (Å²) in [5, 5.41) is 3.53. The number of ether oxygens (including phenoxy) is 1. The molecule has 0 radical (unpaired) electrons. The normalized spacial score (nSPS) is 26.5. The van der Waals surface area contributed by atoms with Gasteiger partial charge in [-0.2, -0.15) is 0 Å². The summed E-state index contributed by atoms with van der Waals surface area (Å²) in [4.78, 5) is 2.61. The first-order valence-electron chi connectivity index (χ1n) is 7.98. The number of hydrogen-bond acceptors (Lipinski definition) is 3. The highest BCUT2D eigenvalue weighted by Gasteiger charge is 2.27. The molecule has 3 nitrogen and oxygen atoms in total. The van der Waals surface area contributed by atoms with Crippen molar-refractivity contribution in [1.29, 1.82) is 0 Å². The molecule has 110 valence electrons. The summed E-state index contributed by atoms with van der Waals surface area (Å²) in [6, 6.07) is 9.20. The second-order valence-corrected chi connectivity index (χ2v) is 6.03. The summed E-state index contributed by atoms with van der Waals surface area (Å²) in [5.41, 5.74) is 2.84. The van der Waals surface area contributed by atoms with E-state index < -0.39 is 0 Å². The molecule has 1 N–H and O–H groups in total. The average molecular weight is 274 g/mol. The van der Waals surface area contributed by atoms with Gasteiger partial charge in [0.05, 0.1) is 19.3 Å². The Morgan fingerprint density at radius 3 is 3.05 bits per heavy atom. The second kappa shape index (κ2) is 6.70. The van der Waals surface area contributed by atoms with Crippen LogP contribution in [0.1, 0.15) is 36.9 Å². The van der Waals surface area contributed by atoms with E-state index in [1.165, 1.54) is 43.6 Å². The number of piperidine rings is 1. The van der Waals surface area contributed by atoms with Gasteiger partial charge in [0.2, 0.25) is 0 Å². The highest BCUT2D eigenvalue weighted by atomic mass is 16.5. The molecule has 1 saturated heterocycles. The van der Waals surface area contributed by atoms with E-state index in [1.54, 1.807) is 0 Å². The van der Waals surface area contributed by atoms with E-state index >= 15 is 0 Å². The van der Waals surface area contributed by atoms with Gasteiger partial charge < -0.3 is 10.1 Å². The molecule has 0 amide bonds. The maximum absolute atomic E-state index is 5.82. The molecule has 2 atom stereocenters. The minimum Gasteiger partial charge on any atom is -0.375 e. The SMILES string of the molecule is CCN(CC1CCCNC1)C1COCc2ccccc21. The quantitative estimate of drug-likeness (QED) is 0.913. The molecule has 2 unspecified atom stereocenters. The van der Waals surface area contributed by atoms with Gasteiger partial charge in [-0.15, -0.1) is 0 Å². The molecule has 20 heavy (non-hydrogen) atoms. The molecule has 0 aromatic heterocycles. The molecule has 1 fully saturated rings. The Hall–Kier alpha value is -0.900. The van der Waals surface area contributed by atoms with Crippen molar-refractivity contribution in [1.82, 2.24) is 10.2 Å². The summed E-state index contributed by atoms with van der Waals surface area (Å²) < 4.78 is 5.82. The van der Waals surface area contributed by atoms with Gasteiger partial charge in [0.25, 0.3) is 0 Å². The van der Waals surface area contributed by atoms with Crippen LogP contribution in [0.2, 0.25) is 0 Å². The van der Waals surface area contributed by atoms with Crippen molar-refractivity contribution in [3.63, 3.8) is 0 Å². The lowest BCUT2D eigenvalue weighted by Crippen LogP contribution is -2.42. The van der Waals surface area contributed by atoms with Crippen LogP contribution in [0.4, 0.5) is 0 Å². The van der Waals surface area contributed by atoms with Gasteiger partial charge in [0.1, 0.15) is 0 Å². The molecule has 2 heterocycles. The average Bonchev–Trinajstić information content (AvgIpc) is 2.53. The number of hydrogen-bond donors (Lipinski definition) is 1. The fourth-order valence-electron chi connectivity index (χ4n) is 3.55. The van der Waals surface area contributed by atoms with Crippen LogP contribution in [0.3, 0.4) is 0 Å². The zero-order valence-electron chi connectivity index (χ0n) is 12.5. The van der Waals surface area contributed by atoms with Crippen LogP contribution in [0, 0.1) is 5.92 Å². The Balaban J connectivity index is 1.72. The number of nitrogens with one attached hydrogen (secondary N) is 1. The predicted octanol–water partition coefficient (Wildman–Crippen LogP) is 2.58. The number of nitrogens with zero attached hydrogens (tertiary/aromatic N) is 1. The minimum atomic E-state index is 0.437.